The molecule has 0 aliphatic carbocycles. The van der Waals surface area contributed by atoms with Crippen LogP contribution in [0.15, 0.2) is 60.7 Å². The van der Waals surface area contributed by atoms with E-state index < -0.39 is 11.7 Å². The van der Waals surface area contributed by atoms with E-state index >= 15 is 0 Å². The predicted molar refractivity (Wildman–Crippen MR) is 90.7 cm³/mol. The topological polar surface area (TPSA) is 41.8 Å². The maximum atomic E-state index is 13.5. The van der Waals surface area contributed by atoms with Gasteiger partial charge in [0.05, 0.1) is 11.1 Å². The van der Waals surface area contributed by atoms with Gasteiger partial charge in [0.25, 0.3) is 0 Å². The molecule has 4 rings (SSSR count). The number of nitrogen functional groups attached to an aromatic ring is 1. The standard InChI is InChI=1S/C19H13F3N2/c20-19(21,22)15-10-9-13(11-5-7-12(23)8-6-11)18-17(15)14-3-1-2-4-16(14)24-18/h1-10,24H,23H2. The fourth-order valence-electron chi connectivity index (χ4n) is 3.10. The van der Waals surface area contributed by atoms with Crippen LogP contribution in [-0.2, 0) is 6.18 Å². The summed E-state index contributed by atoms with van der Waals surface area (Å²) in [7, 11) is 0. The smallest absolute Gasteiger partial charge is 0.399 e. The number of hydrogen-bond acceptors (Lipinski definition) is 1. The number of H-pyrrole nitrogens is 1. The minimum absolute atomic E-state index is 0.201. The lowest BCUT2D eigenvalue weighted by molar-refractivity contribution is -0.136. The number of rotatable bonds is 1. The molecule has 0 spiro atoms. The summed E-state index contributed by atoms with van der Waals surface area (Å²) in [5.74, 6) is 0. The number of para-hydroxylation sites is 1. The SMILES string of the molecule is Nc1ccc(-c2ccc(C(F)(F)F)c3c2[nH]c2ccccc23)cc1. The van der Waals surface area contributed by atoms with Gasteiger partial charge in [0.15, 0.2) is 0 Å². The third-order valence-corrected chi connectivity index (χ3v) is 4.19. The Bertz CT molecular complexity index is 1040. The molecule has 4 aromatic rings. The lowest BCUT2D eigenvalue weighted by Gasteiger charge is -2.11. The van der Waals surface area contributed by atoms with E-state index in [1.54, 1.807) is 36.4 Å². The number of fused-ring (bicyclic) bond motifs is 3. The molecule has 0 saturated heterocycles. The molecule has 1 aromatic heterocycles. The molecule has 1 heterocycles. The largest absolute Gasteiger partial charge is 0.417 e. The number of anilines is 1. The summed E-state index contributed by atoms with van der Waals surface area (Å²) >= 11 is 0. The first kappa shape index (κ1) is 14.6. The van der Waals surface area contributed by atoms with Crippen LogP contribution in [0.2, 0.25) is 0 Å². The highest BCUT2D eigenvalue weighted by Gasteiger charge is 2.34. The molecule has 3 N–H and O–H groups in total. The van der Waals surface area contributed by atoms with Crippen molar-refractivity contribution in [2.24, 2.45) is 0 Å². The van der Waals surface area contributed by atoms with E-state index in [-0.39, 0.29) is 5.39 Å². The second kappa shape index (κ2) is 5.03. The van der Waals surface area contributed by atoms with Gasteiger partial charge in [-0.05, 0) is 29.8 Å². The number of aromatic nitrogens is 1. The molecule has 0 aliphatic heterocycles. The number of nitrogens with two attached hydrogens (primary N) is 1. The van der Waals surface area contributed by atoms with Crippen molar-refractivity contribution in [3.63, 3.8) is 0 Å². The Morgan fingerprint density at radius 2 is 1.54 bits per heavy atom. The fourth-order valence-corrected chi connectivity index (χ4v) is 3.10. The van der Waals surface area contributed by atoms with Crippen LogP contribution in [0, 0.1) is 0 Å². The monoisotopic (exact) mass is 326 g/mol. The second-order valence-corrected chi connectivity index (χ2v) is 5.70. The van der Waals surface area contributed by atoms with Crippen LogP contribution < -0.4 is 5.73 Å². The molecule has 3 aromatic carbocycles. The van der Waals surface area contributed by atoms with Crippen molar-refractivity contribution >= 4 is 27.5 Å². The second-order valence-electron chi connectivity index (χ2n) is 5.70. The van der Waals surface area contributed by atoms with Gasteiger partial charge < -0.3 is 10.7 Å². The molecular weight excluding hydrogens is 313 g/mol. The highest BCUT2D eigenvalue weighted by molar-refractivity contribution is 6.13. The van der Waals surface area contributed by atoms with E-state index in [1.165, 1.54) is 6.07 Å². The summed E-state index contributed by atoms with van der Waals surface area (Å²) in [5.41, 5.74) is 8.38. The average molecular weight is 326 g/mol. The van der Waals surface area contributed by atoms with Crippen LogP contribution in [-0.4, -0.2) is 4.98 Å². The maximum absolute atomic E-state index is 13.5. The molecule has 24 heavy (non-hydrogen) atoms. The van der Waals surface area contributed by atoms with Crippen LogP contribution in [0.25, 0.3) is 32.9 Å². The van der Waals surface area contributed by atoms with Crippen LogP contribution in [0.1, 0.15) is 5.56 Å². The Morgan fingerprint density at radius 1 is 0.833 bits per heavy atom. The number of halogens is 3. The van der Waals surface area contributed by atoms with Gasteiger partial charge in [-0.3, -0.25) is 0 Å². The summed E-state index contributed by atoms with van der Waals surface area (Å²) < 4.78 is 40.4. The lowest BCUT2D eigenvalue weighted by Crippen LogP contribution is -2.05. The van der Waals surface area contributed by atoms with E-state index in [2.05, 4.69) is 4.98 Å². The van der Waals surface area contributed by atoms with E-state index in [1.807, 2.05) is 12.1 Å². The average Bonchev–Trinajstić information content (AvgIpc) is 2.93. The summed E-state index contributed by atoms with van der Waals surface area (Å²) in [6, 6.07) is 16.8. The minimum atomic E-state index is -4.41. The van der Waals surface area contributed by atoms with Crippen molar-refractivity contribution in [1.82, 2.24) is 4.98 Å². The first-order valence-electron chi connectivity index (χ1n) is 7.42. The van der Waals surface area contributed by atoms with Crippen molar-refractivity contribution in [3.8, 4) is 11.1 Å². The number of aromatic amines is 1. The third-order valence-electron chi connectivity index (χ3n) is 4.19. The van der Waals surface area contributed by atoms with Crippen molar-refractivity contribution in [3.05, 3.63) is 66.2 Å². The number of hydrogen-bond donors (Lipinski definition) is 2. The first-order valence-corrected chi connectivity index (χ1v) is 7.42. The summed E-state index contributed by atoms with van der Waals surface area (Å²) in [6.45, 7) is 0. The predicted octanol–water partition coefficient (Wildman–Crippen LogP) is 5.59. The highest BCUT2D eigenvalue weighted by Crippen LogP contribution is 2.42. The Kier molecular flexibility index (Phi) is 3.06. The number of benzene rings is 3. The van der Waals surface area contributed by atoms with E-state index in [0.29, 0.717) is 27.7 Å². The van der Waals surface area contributed by atoms with Crippen molar-refractivity contribution in [2.45, 2.75) is 6.18 Å². The molecular formula is C19H13F3N2. The van der Waals surface area contributed by atoms with Gasteiger partial charge in [-0.25, -0.2) is 0 Å². The first-order chi connectivity index (χ1) is 11.4. The fraction of sp³-hybridized carbons (Fsp3) is 0.0526. The molecule has 0 saturated carbocycles. The van der Waals surface area contributed by atoms with E-state index in [4.69, 9.17) is 5.73 Å². The Labute approximate surface area is 135 Å². The Hall–Kier alpha value is -2.95. The molecule has 0 atom stereocenters. The molecule has 2 nitrogen and oxygen atoms in total. The highest BCUT2D eigenvalue weighted by atomic mass is 19.4. The molecule has 0 unspecified atom stereocenters. The summed E-state index contributed by atoms with van der Waals surface area (Å²) in [5, 5.41) is 0.768. The zero-order valence-electron chi connectivity index (χ0n) is 12.5. The normalized spacial score (nSPS) is 12.1. The molecule has 120 valence electrons. The van der Waals surface area contributed by atoms with E-state index in [0.717, 1.165) is 11.6 Å². The van der Waals surface area contributed by atoms with Gasteiger partial charge in [-0.15, -0.1) is 0 Å². The van der Waals surface area contributed by atoms with Gasteiger partial charge in [-0.2, -0.15) is 13.2 Å². The number of nitrogens with one attached hydrogen (secondary N) is 1. The molecule has 0 amide bonds. The molecule has 0 bridgehead atoms. The van der Waals surface area contributed by atoms with Crippen LogP contribution in [0.3, 0.4) is 0 Å². The molecule has 5 heteroatoms. The lowest BCUT2D eigenvalue weighted by atomic mass is 9.98. The summed E-state index contributed by atoms with van der Waals surface area (Å²) in [6.07, 6.45) is -4.41. The van der Waals surface area contributed by atoms with Crippen LogP contribution >= 0.6 is 0 Å². The molecule has 0 aliphatic rings. The summed E-state index contributed by atoms with van der Waals surface area (Å²) in [4.78, 5) is 3.14. The zero-order chi connectivity index (χ0) is 16.9. The van der Waals surface area contributed by atoms with Crippen molar-refractivity contribution < 1.29 is 13.2 Å². The van der Waals surface area contributed by atoms with Gasteiger partial charge in [0.2, 0.25) is 0 Å². The molecule has 0 radical (unpaired) electrons. The quantitative estimate of drug-likeness (QED) is 0.440. The third kappa shape index (κ3) is 2.21. The van der Waals surface area contributed by atoms with Crippen molar-refractivity contribution in [2.75, 3.05) is 5.73 Å². The van der Waals surface area contributed by atoms with E-state index in [9.17, 15) is 13.2 Å². The molecule has 0 fully saturated rings. The van der Waals surface area contributed by atoms with Crippen LogP contribution in [0.5, 0.6) is 0 Å². The number of alkyl halides is 3. The van der Waals surface area contributed by atoms with Crippen LogP contribution in [0.4, 0.5) is 18.9 Å². The van der Waals surface area contributed by atoms with Gasteiger partial charge in [0.1, 0.15) is 0 Å². The zero-order valence-corrected chi connectivity index (χ0v) is 12.5. The maximum Gasteiger partial charge on any atom is 0.417 e. The van der Waals surface area contributed by atoms with Gasteiger partial charge in [-0.1, -0.05) is 36.4 Å². The van der Waals surface area contributed by atoms with Crippen molar-refractivity contribution in [1.29, 1.82) is 0 Å². The Balaban J connectivity index is 2.12. The minimum Gasteiger partial charge on any atom is -0.399 e. The van der Waals surface area contributed by atoms with Gasteiger partial charge in [0, 0.05) is 27.5 Å². The Morgan fingerprint density at radius 3 is 2.25 bits per heavy atom. The van der Waals surface area contributed by atoms with Gasteiger partial charge >= 0.3 is 6.18 Å².